The molecule has 0 N–H and O–H groups in total. The third-order valence-electron chi connectivity index (χ3n) is 3.63. The lowest BCUT2D eigenvalue weighted by molar-refractivity contribution is 0.409. The molecule has 0 aliphatic rings. The van der Waals surface area contributed by atoms with Crippen molar-refractivity contribution in [2.45, 2.75) is 24.1 Å². The van der Waals surface area contributed by atoms with Gasteiger partial charge in [0, 0.05) is 17.0 Å². The van der Waals surface area contributed by atoms with E-state index in [4.69, 9.17) is 4.74 Å². The SMILES string of the molecule is COc1ccc(C(Br)C(C)(C)c2ccccc2)c(F)c1. The highest BCUT2D eigenvalue weighted by Crippen LogP contribution is 2.44. The average Bonchev–Trinajstić information content (AvgIpc) is 2.47. The zero-order valence-corrected chi connectivity index (χ0v) is 13.4. The van der Waals surface area contributed by atoms with Gasteiger partial charge in [0.25, 0.3) is 0 Å². The van der Waals surface area contributed by atoms with Crippen molar-refractivity contribution < 1.29 is 9.13 Å². The van der Waals surface area contributed by atoms with E-state index in [1.165, 1.54) is 13.2 Å². The molecule has 1 unspecified atom stereocenters. The third-order valence-corrected chi connectivity index (χ3v) is 5.27. The fraction of sp³-hybridized carbons (Fsp3) is 0.294. The molecular weight excluding hydrogens is 319 g/mol. The highest BCUT2D eigenvalue weighted by Gasteiger charge is 2.32. The first kappa shape index (κ1) is 15.0. The van der Waals surface area contributed by atoms with E-state index >= 15 is 0 Å². The molecule has 0 aliphatic heterocycles. The van der Waals surface area contributed by atoms with Gasteiger partial charge in [-0.3, -0.25) is 0 Å². The van der Waals surface area contributed by atoms with Crippen LogP contribution < -0.4 is 4.74 Å². The first-order valence-electron chi connectivity index (χ1n) is 6.50. The molecule has 0 spiro atoms. The van der Waals surface area contributed by atoms with Crippen LogP contribution in [0.5, 0.6) is 5.75 Å². The first-order chi connectivity index (χ1) is 9.46. The molecule has 1 nitrogen and oxygen atoms in total. The Bertz CT molecular complexity index is 581. The van der Waals surface area contributed by atoms with E-state index in [9.17, 15) is 4.39 Å². The normalized spacial score (nSPS) is 13.1. The largest absolute Gasteiger partial charge is 0.497 e. The Morgan fingerprint density at radius 1 is 1.10 bits per heavy atom. The smallest absolute Gasteiger partial charge is 0.131 e. The minimum Gasteiger partial charge on any atom is -0.497 e. The van der Waals surface area contributed by atoms with Gasteiger partial charge in [0.15, 0.2) is 0 Å². The molecule has 3 heteroatoms. The van der Waals surface area contributed by atoms with Crippen LogP contribution >= 0.6 is 15.9 Å². The van der Waals surface area contributed by atoms with Crippen LogP contribution in [0.3, 0.4) is 0 Å². The van der Waals surface area contributed by atoms with Crippen molar-refractivity contribution in [3.8, 4) is 5.75 Å². The topological polar surface area (TPSA) is 9.23 Å². The fourth-order valence-corrected chi connectivity index (χ4v) is 2.88. The van der Waals surface area contributed by atoms with Gasteiger partial charge in [-0.15, -0.1) is 0 Å². The molecular formula is C17H18BrFO. The van der Waals surface area contributed by atoms with Crippen LogP contribution in [0.2, 0.25) is 0 Å². The van der Waals surface area contributed by atoms with Gasteiger partial charge in [-0.25, -0.2) is 4.39 Å². The number of halogens is 2. The molecule has 2 aromatic carbocycles. The fourth-order valence-electron chi connectivity index (χ4n) is 2.24. The number of hydrogen-bond acceptors (Lipinski definition) is 1. The number of rotatable bonds is 4. The summed E-state index contributed by atoms with van der Waals surface area (Å²) in [5, 5.41) is 0. The summed E-state index contributed by atoms with van der Waals surface area (Å²) in [6, 6.07) is 15.1. The van der Waals surface area contributed by atoms with E-state index < -0.39 is 0 Å². The summed E-state index contributed by atoms with van der Waals surface area (Å²) < 4.78 is 19.3. The van der Waals surface area contributed by atoms with E-state index in [0.717, 1.165) is 5.56 Å². The van der Waals surface area contributed by atoms with Crippen LogP contribution in [0.1, 0.15) is 29.8 Å². The Morgan fingerprint density at radius 3 is 2.30 bits per heavy atom. The van der Waals surface area contributed by atoms with Gasteiger partial charge in [0.2, 0.25) is 0 Å². The van der Waals surface area contributed by atoms with Crippen molar-refractivity contribution in [1.29, 1.82) is 0 Å². The number of ether oxygens (including phenoxy) is 1. The van der Waals surface area contributed by atoms with Gasteiger partial charge >= 0.3 is 0 Å². The highest BCUT2D eigenvalue weighted by atomic mass is 79.9. The Kier molecular flexibility index (Phi) is 4.48. The Morgan fingerprint density at radius 2 is 1.75 bits per heavy atom. The van der Waals surface area contributed by atoms with Gasteiger partial charge < -0.3 is 4.74 Å². The molecule has 0 saturated carbocycles. The van der Waals surface area contributed by atoms with E-state index in [1.54, 1.807) is 12.1 Å². The minimum atomic E-state index is -0.254. The van der Waals surface area contributed by atoms with Crippen molar-refractivity contribution in [3.05, 3.63) is 65.5 Å². The summed E-state index contributed by atoms with van der Waals surface area (Å²) in [4.78, 5) is -0.122. The number of hydrogen-bond donors (Lipinski definition) is 0. The lowest BCUT2D eigenvalue weighted by Gasteiger charge is -2.31. The average molecular weight is 337 g/mol. The molecule has 0 aromatic heterocycles. The van der Waals surface area contributed by atoms with Crippen molar-refractivity contribution in [2.75, 3.05) is 7.11 Å². The van der Waals surface area contributed by atoms with Gasteiger partial charge in [0.05, 0.1) is 11.9 Å². The third kappa shape index (κ3) is 2.88. The first-order valence-corrected chi connectivity index (χ1v) is 7.41. The van der Waals surface area contributed by atoms with Gasteiger partial charge in [0.1, 0.15) is 11.6 Å². The summed E-state index contributed by atoms with van der Waals surface area (Å²) in [7, 11) is 1.54. The molecule has 0 saturated heterocycles. The standard InChI is InChI=1S/C17H18BrFO/c1-17(2,12-7-5-4-6-8-12)16(18)14-10-9-13(20-3)11-15(14)19/h4-11,16H,1-3H3. The van der Waals surface area contributed by atoms with Crippen molar-refractivity contribution >= 4 is 15.9 Å². The number of benzene rings is 2. The predicted octanol–water partition coefficient (Wildman–Crippen LogP) is 5.25. The monoisotopic (exact) mass is 336 g/mol. The quantitative estimate of drug-likeness (QED) is 0.693. The summed E-state index contributed by atoms with van der Waals surface area (Å²) in [6.45, 7) is 4.21. The summed E-state index contributed by atoms with van der Waals surface area (Å²) in [5.41, 5.74) is 1.58. The second-order valence-corrected chi connectivity index (χ2v) is 6.25. The zero-order valence-electron chi connectivity index (χ0n) is 11.9. The predicted molar refractivity (Wildman–Crippen MR) is 84.1 cm³/mol. The molecule has 0 amide bonds. The molecule has 1 atom stereocenters. The molecule has 106 valence electrons. The lowest BCUT2D eigenvalue weighted by Crippen LogP contribution is -2.23. The van der Waals surface area contributed by atoms with Crippen LogP contribution in [-0.4, -0.2) is 7.11 Å². The van der Waals surface area contributed by atoms with Crippen LogP contribution in [-0.2, 0) is 5.41 Å². The van der Waals surface area contributed by atoms with Crippen LogP contribution in [0, 0.1) is 5.82 Å². The maximum Gasteiger partial charge on any atom is 0.131 e. The Hall–Kier alpha value is -1.35. The summed E-state index contributed by atoms with van der Waals surface area (Å²) >= 11 is 3.66. The lowest BCUT2D eigenvalue weighted by atomic mass is 9.79. The molecule has 2 rings (SSSR count). The van der Waals surface area contributed by atoms with E-state index in [0.29, 0.717) is 11.3 Å². The number of methoxy groups -OCH3 is 1. The second kappa shape index (κ2) is 5.96. The molecule has 20 heavy (non-hydrogen) atoms. The van der Waals surface area contributed by atoms with Gasteiger partial charge in [-0.2, -0.15) is 0 Å². The summed E-state index contributed by atoms with van der Waals surface area (Å²) in [5.74, 6) is 0.277. The maximum absolute atomic E-state index is 14.2. The highest BCUT2D eigenvalue weighted by molar-refractivity contribution is 9.09. The van der Waals surface area contributed by atoms with E-state index in [-0.39, 0.29) is 16.1 Å². The van der Waals surface area contributed by atoms with Crippen molar-refractivity contribution in [2.24, 2.45) is 0 Å². The molecule has 0 bridgehead atoms. The maximum atomic E-state index is 14.2. The molecule has 0 aliphatic carbocycles. The van der Waals surface area contributed by atoms with Gasteiger partial charge in [-0.05, 0) is 11.6 Å². The number of alkyl halides is 1. The van der Waals surface area contributed by atoms with E-state index in [1.807, 2.05) is 18.2 Å². The Balaban J connectivity index is 2.38. The molecule has 0 heterocycles. The zero-order chi connectivity index (χ0) is 14.8. The molecule has 0 fully saturated rings. The summed E-state index contributed by atoms with van der Waals surface area (Å²) in [6.07, 6.45) is 0. The van der Waals surface area contributed by atoms with Crippen LogP contribution in [0.15, 0.2) is 48.5 Å². The van der Waals surface area contributed by atoms with E-state index in [2.05, 4.69) is 41.9 Å². The Labute approximate surface area is 127 Å². The molecule has 0 radical (unpaired) electrons. The minimum absolute atomic E-state index is 0.122. The van der Waals surface area contributed by atoms with Crippen molar-refractivity contribution in [1.82, 2.24) is 0 Å². The van der Waals surface area contributed by atoms with Gasteiger partial charge in [-0.1, -0.05) is 66.2 Å². The molecule has 2 aromatic rings. The van der Waals surface area contributed by atoms with Crippen LogP contribution in [0.25, 0.3) is 0 Å². The second-order valence-electron chi connectivity index (χ2n) is 5.34. The van der Waals surface area contributed by atoms with Crippen LogP contribution in [0.4, 0.5) is 4.39 Å². The van der Waals surface area contributed by atoms with Crippen molar-refractivity contribution in [3.63, 3.8) is 0 Å².